The Morgan fingerprint density at radius 2 is 1.67 bits per heavy atom. The summed E-state index contributed by atoms with van der Waals surface area (Å²) in [5.41, 5.74) is -1.27. The van der Waals surface area contributed by atoms with Crippen LogP contribution in [-0.2, 0) is 6.18 Å². The highest BCUT2D eigenvalue weighted by molar-refractivity contribution is 6.48. The molecule has 10 heteroatoms. The van der Waals surface area contributed by atoms with Crippen LogP contribution < -0.4 is 10.4 Å². The molecule has 0 saturated heterocycles. The number of hydroxylamine groups is 1. The first kappa shape index (κ1) is 18.7. The summed E-state index contributed by atoms with van der Waals surface area (Å²) in [4.78, 5) is 11.9. The highest BCUT2D eigenvalue weighted by Crippen LogP contribution is 2.34. The molecule has 2 aromatic rings. The Kier molecular flexibility index (Phi) is 5.49. The highest BCUT2D eigenvalue weighted by Gasteiger charge is 2.31. The molecule has 0 fully saturated rings. The molecule has 2 N–H and O–H groups in total. The van der Waals surface area contributed by atoms with Crippen LogP contribution in [0, 0.1) is 0 Å². The average molecular weight is 400 g/mol. The lowest BCUT2D eigenvalue weighted by atomic mass is 10.2. The number of urea groups is 1. The second-order valence-electron chi connectivity index (χ2n) is 4.54. The molecule has 0 bridgehead atoms. The smallest absolute Gasteiger partial charge is 0.306 e. The molecule has 0 saturated carbocycles. The summed E-state index contributed by atoms with van der Waals surface area (Å²) in [6.07, 6.45) is -4.61. The van der Waals surface area contributed by atoms with Crippen molar-refractivity contribution in [3.8, 4) is 0 Å². The van der Waals surface area contributed by atoms with Crippen molar-refractivity contribution < 1.29 is 23.2 Å². The van der Waals surface area contributed by atoms with Gasteiger partial charge in [0.1, 0.15) is 0 Å². The molecule has 0 aromatic heterocycles. The van der Waals surface area contributed by atoms with E-state index in [2.05, 4.69) is 5.32 Å². The number of carbonyl (C=O) groups excluding carboxylic acids is 1. The molecule has 0 heterocycles. The Morgan fingerprint density at radius 3 is 2.21 bits per heavy atom. The summed E-state index contributed by atoms with van der Waals surface area (Å²) in [7, 11) is 0. The van der Waals surface area contributed by atoms with E-state index in [1.165, 1.54) is 12.1 Å². The second-order valence-corrected chi connectivity index (χ2v) is 5.74. The van der Waals surface area contributed by atoms with Crippen LogP contribution in [0.2, 0.25) is 15.1 Å². The van der Waals surface area contributed by atoms with E-state index < -0.39 is 17.8 Å². The van der Waals surface area contributed by atoms with Crippen molar-refractivity contribution in [3.63, 3.8) is 0 Å². The third kappa shape index (κ3) is 4.24. The number of hydrogen-bond acceptors (Lipinski definition) is 2. The molecule has 0 spiro atoms. The Labute approximate surface area is 149 Å². The molecule has 2 rings (SSSR count). The van der Waals surface area contributed by atoms with Gasteiger partial charge in [-0.1, -0.05) is 40.9 Å². The monoisotopic (exact) mass is 398 g/mol. The predicted octanol–water partition coefficient (Wildman–Crippen LogP) is 6.09. The van der Waals surface area contributed by atoms with Gasteiger partial charge in [-0.15, -0.1) is 0 Å². The zero-order valence-corrected chi connectivity index (χ0v) is 13.8. The summed E-state index contributed by atoms with van der Waals surface area (Å²) in [5, 5.41) is 12.3. The molecule has 0 atom stereocenters. The van der Waals surface area contributed by atoms with Crippen LogP contribution in [-0.4, -0.2) is 11.2 Å². The van der Waals surface area contributed by atoms with Gasteiger partial charge < -0.3 is 5.32 Å². The zero-order chi connectivity index (χ0) is 18.1. The molecule has 0 aliphatic rings. The minimum Gasteiger partial charge on any atom is -0.306 e. The molecule has 24 heavy (non-hydrogen) atoms. The molecule has 0 aliphatic carbocycles. The fraction of sp³-hybridized carbons (Fsp3) is 0.0714. The molecule has 2 amide bonds. The van der Waals surface area contributed by atoms with E-state index in [-0.39, 0.29) is 31.5 Å². The van der Waals surface area contributed by atoms with Crippen molar-refractivity contribution >= 4 is 52.2 Å². The third-order valence-corrected chi connectivity index (χ3v) is 4.04. The number of amides is 2. The summed E-state index contributed by atoms with van der Waals surface area (Å²) < 4.78 is 38.0. The number of benzene rings is 2. The van der Waals surface area contributed by atoms with E-state index in [1.54, 1.807) is 0 Å². The lowest BCUT2D eigenvalue weighted by Crippen LogP contribution is -2.32. The maximum atomic E-state index is 12.7. The number of carbonyl (C=O) groups is 1. The molecule has 0 aliphatic heterocycles. The number of hydrogen-bond donors (Lipinski definition) is 2. The van der Waals surface area contributed by atoms with Crippen LogP contribution in [0.4, 0.5) is 29.3 Å². The number of nitrogens with zero attached hydrogens (tertiary/aromatic N) is 1. The van der Waals surface area contributed by atoms with Crippen LogP contribution >= 0.6 is 34.8 Å². The Hall–Kier alpha value is -1.67. The first-order valence-electron chi connectivity index (χ1n) is 6.21. The van der Waals surface area contributed by atoms with E-state index in [0.29, 0.717) is 6.07 Å². The topological polar surface area (TPSA) is 52.6 Å². The standard InChI is InChI=1S/C14H8Cl3F3N2O2/c15-10-5-8(6-11(16)12(10)17)21-13(23)22(24)9-3-1-2-7(4-9)14(18,19)20/h1-6,24H,(H,21,23). The fourth-order valence-electron chi connectivity index (χ4n) is 1.74. The van der Waals surface area contributed by atoms with Crippen LogP contribution in [0.1, 0.15) is 5.56 Å². The van der Waals surface area contributed by atoms with Gasteiger partial charge in [0.15, 0.2) is 0 Å². The molecule has 4 nitrogen and oxygen atoms in total. The lowest BCUT2D eigenvalue weighted by Gasteiger charge is -2.17. The fourth-order valence-corrected chi connectivity index (χ4v) is 2.33. The zero-order valence-electron chi connectivity index (χ0n) is 11.5. The van der Waals surface area contributed by atoms with E-state index >= 15 is 0 Å². The van der Waals surface area contributed by atoms with Crippen LogP contribution in [0.5, 0.6) is 0 Å². The predicted molar refractivity (Wildman–Crippen MR) is 86.2 cm³/mol. The van der Waals surface area contributed by atoms with E-state index in [1.807, 2.05) is 0 Å². The SMILES string of the molecule is O=C(Nc1cc(Cl)c(Cl)c(Cl)c1)N(O)c1cccc(C(F)(F)F)c1. The maximum absolute atomic E-state index is 12.7. The van der Waals surface area contributed by atoms with Gasteiger partial charge in [0.05, 0.1) is 26.3 Å². The number of nitrogens with one attached hydrogen (secondary N) is 1. The molecular formula is C14H8Cl3F3N2O2. The first-order chi connectivity index (χ1) is 11.1. The van der Waals surface area contributed by atoms with Gasteiger partial charge in [-0.2, -0.15) is 18.2 Å². The van der Waals surface area contributed by atoms with Gasteiger partial charge in [0.2, 0.25) is 0 Å². The van der Waals surface area contributed by atoms with Gasteiger partial charge in [0, 0.05) is 5.69 Å². The molecule has 2 aromatic carbocycles. The molecule has 128 valence electrons. The normalized spacial score (nSPS) is 11.3. The summed E-state index contributed by atoms with van der Waals surface area (Å²) in [5.74, 6) is 0. The first-order valence-corrected chi connectivity index (χ1v) is 7.35. The van der Waals surface area contributed by atoms with Crippen molar-refractivity contribution in [2.24, 2.45) is 0 Å². The average Bonchev–Trinajstić information content (AvgIpc) is 2.51. The largest absolute Gasteiger partial charge is 0.416 e. The Bertz CT molecular complexity index is 761. The number of anilines is 2. The van der Waals surface area contributed by atoms with Crippen molar-refractivity contribution in [2.75, 3.05) is 10.4 Å². The summed E-state index contributed by atoms with van der Waals surface area (Å²) in [6.45, 7) is 0. The summed E-state index contributed by atoms with van der Waals surface area (Å²) in [6, 6.07) is 5.07. The maximum Gasteiger partial charge on any atom is 0.416 e. The highest BCUT2D eigenvalue weighted by atomic mass is 35.5. The number of alkyl halides is 3. The van der Waals surface area contributed by atoms with Gasteiger partial charge in [-0.3, -0.25) is 5.21 Å². The molecule has 0 radical (unpaired) electrons. The van der Waals surface area contributed by atoms with E-state index in [4.69, 9.17) is 34.8 Å². The van der Waals surface area contributed by atoms with Crippen LogP contribution in [0.3, 0.4) is 0 Å². The van der Waals surface area contributed by atoms with Crippen LogP contribution in [0.15, 0.2) is 36.4 Å². The van der Waals surface area contributed by atoms with Crippen LogP contribution in [0.25, 0.3) is 0 Å². The molecular weight excluding hydrogens is 392 g/mol. The van der Waals surface area contributed by atoms with Gasteiger partial charge in [-0.05, 0) is 30.3 Å². The Balaban J connectivity index is 2.21. The van der Waals surface area contributed by atoms with Crippen molar-refractivity contribution in [1.82, 2.24) is 0 Å². The minimum absolute atomic E-state index is 0.0334. The van der Waals surface area contributed by atoms with Crippen molar-refractivity contribution in [1.29, 1.82) is 0 Å². The third-order valence-electron chi connectivity index (χ3n) is 2.85. The van der Waals surface area contributed by atoms with Gasteiger partial charge in [-0.25, -0.2) is 4.79 Å². The lowest BCUT2D eigenvalue weighted by molar-refractivity contribution is -0.137. The summed E-state index contributed by atoms with van der Waals surface area (Å²) >= 11 is 17.4. The van der Waals surface area contributed by atoms with Crippen molar-refractivity contribution in [3.05, 3.63) is 57.0 Å². The van der Waals surface area contributed by atoms with E-state index in [0.717, 1.165) is 18.2 Å². The number of halogens is 6. The van der Waals surface area contributed by atoms with E-state index in [9.17, 15) is 23.2 Å². The quantitative estimate of drug-likeness (QED) is 0.364. The number of rotatable bonds is 2. The molecule has 0 unspecified atom stereocenters. The minimum atomic E-state index is -4.61. The van der Waals surface area contributed by atoms with Gasteiger partial charge >= 0.3 is 12.2 Å². The Morgan fingerprint density at radius 1 is 1.08 bits per heavy atom. The second kappa shape index (κ2) is 7.06. The van der Waals surface area contributed by atoms with Crippen molar-refractivity contribution in [2.45, 2.75) is 6.18 Å². The van der Waals surface area contributed by atoms with Gasteiger partial charge in [0.25, 0.3) is 0 Å².